The Morgan fingerprint density at radius 3 is 2.68 bits per heavy atom. The van der Waals surface area contributed by atoms with Gasteiger partial charge in [0.25, 0.3) is 5.91 Å². The highest BCUT2D eigenvalue weighted by molar-refractivity contribution is 9.10. The second kappa shape index (κ2) is 7.31. The van der Waals surface area contributed by atoms with Crippen LogP contribution in [0.25, 0.3) is 0 Å². The van der Waals surface area contributed by atoms with Crippen LogP contribution in [0.3, 0.4) is 0 Å². The van der Waals surface area contributed by atoms with Crippen LogP contribution in [0.4, 0.5) is 0 Å². The first-order chi connectivity index (χ1) is 8.58. The summed E-state index contributed by atoms with van der Waals surface area (Å²) >= 11 is 3.43. The van der Waals surface area contributed by atoms with Crippen molar-refractivity contribution in [1.82, 2.24) is 15.2 Å². The molecule has 1 saturated heterocycles. The summed E-state index contributed by atoms with van der Waals surface area (Å²) in [4.78, 5) is 12.3. The lowest BCUT2D eigenvalue weighted by atomic mass is 10.1. The van der Waals surface area contributed by atoms with E-state index in [2.05, 4.69) is 40.4 Å². The minimum Gasteiger partial charge on any atom is -0.348 e. The molecular formula is C13H21BrClN3O. The summed E-state index contributed by atoms with van der Waals surface area (Å²) in [6, 6.07) is 2.47. The fourth-order valence-electron chi connectivity index (χ4n) is 2.28. The van der Waals surface area contributed by atoms with Gasteiger partial charge in [-0.1, -0.05) is 0 Å². The number of carbonyl (C=O) groups excluding carboxylic acids is 1. The standard InChI is InChI=1S/C13H20BrN3O.ClH/c1-9(2)17-8-10(14)7-12(17)13(18)16-11-3-5-15-6-4-11;/h7-9,11,15H,3-6H2,1-2H3,(H,16,18);1H. The van der Waals surface area contributed by atoms with E-state index in [-0.39, 0.29) is 24.4 Å². The SMILES string of the molecule is CC(C)n1cc(Br)cc1C(=O)NC1CCNCC1.Cl. The van der Waals surface area contributed by atoms with Crippen molar-refractivity contribution in [2.45, 2.75) is 38.8 Å². The summed E-state index contributed by atoms with van der Waals surface area (Å²) in [5, 5.41) is 6.42. The van der Waals surface area contributed by atoms with E-state index >= 15 is 0 Å². The number of halogens is 2. The molecule has 108 valence electrons. The summed E-state index contributed by atoms with van der Waals surface area (Å²) in [6.07, 6.45) is 3.98. The highest BCUT2D eigenvalue weighted by Crippen LogP contribution is 2.19. The summed E-state index contributed by atoms with van der Waals surface area (Å²) in [5.74, 6) is 0.0290. The summed E-state index contributed by atoms with van der Waals surface area (Å²) < 4.78 is 2.95. The van der Waals surface area contributed by atoms with Gasteiger partial charge in [0, 0.05) is 22.8 Å². The first-order valence-corrected chi connectivity index (χ1v) is 7.26. The largest absolute Gasteiger partial charge is 0.348 e. The molecule has 1 amide bonds. The van der Waals surface area contributed by atoms with Gasteiger partial charge in [-0.25, -0.2) is 0 Å². The molecule has 2 heterocycles. The molecule has 0 bridgehead atoms. The molecule has 0 aromatic carbocycles. The highest BCUT2D eigenvalue weighted by atomic mass is 79.9. The van der Waals surface area contributed by atoms with Gasteiger partial charge in [-0.05, 0) is 61.8 Å². The van der Waals surface area contributed by atoms with Crippen molar-refractivity contribution < 1.29 is 4.79 Å². The fourth-order valence-corrected chi connectivity index (χ4v) is 2.72. The van der Waals surface area contributed by atoms with E-state index in [0.717, 1.165) is 36.1 Å². The number of rotatable bonds is 3. The van der Waals surface area contributed by atoms with Crippen molar-refractivity contribution in [3.8, 4) is 0 Å². The van der Waals surface area contributed by atoms with E-state index in [0.29, 0.717) is 6.04 Å². The average molecular weight is 351 g/mol. The maximum atomic E-state index is 12.3. The molecule has 4 nitrogen and oxygen atoms in total. The Kier molecular flexibility index (Phi) is 6.36. The topological polar surface area (TPSA) is 46.1 Å². The molecule has 19 heavy (non-hydrogen) atoms. The number of nitrogens with one attached hydrogen (secondary N) is 2. The fraction of sp³-hybridized carbons (Fsp3) is 0.615. The molecule has 1 aromatic heterocycles. The lowest BCUT2D eigenvalue weighted by molar-refractivity contribution is 0.0918. The Morgan fingerprint density at radius 2 is 2.11 bits per heavy atom. The van der Waals surface area contributed by atoms with Crippen molar-refractivity contribution >= 4 is 34.2 Å². The van der Waals surface area contributed by atoms with Crippen molar-refractivity contribution in [3.63, 3.8) is 0 Å². The second-order valence-corrected chi connectivity index (χ2v) is 5.96. The first kappa shape index (κ1) is 16.5. The minimum absolute atomic E-state index is 0. The van der Waals surface area contributed by atoms with Crippen LogP contribution in [0.1, 0.15) is 43.2 Å². The number of nitrogens with zero attached hydrogens (tertiary/aromatic N) is 1. The molecule has 1 aromatic rings. The third-order valence-corrected chi connectivity index (χ3v) is 3.71. The van der Waals surface area contributed by atoms with E-state index in [9.17, 15) is 4.79 Å². The highest BCUT2D eigenvalue weighted by Gasteiger charge is 2.19. The molecular weight excluding hydrogens is 330 g/mol. The van der Waals surface area contributed by atoms with Crippen LogP contribution in [-0.2, 0) is 0 Å². The number of amides is 1. The van der Waals surface area contributed by atoms with Gasteiger partial charge in [0.1, 0.15) is 5.69 Å². The van der Waals surface area contributed by atoms with Gasteiger partial charge >= 0.3 is 0 Å². The van der Waals surface area contributed by atoms with Crippen molar-refractivity contribution in [3.05, 3.63) is 22.4 Å². The Balaban J connectivity index is 0.00000180. The second-order valence-electron chi connectivity index (χ2n) is 5.04. The number of carbonyl (C=O) groups is 1. The maximum absolute atomic E-state index is 12.3. The Morgan fingerprint density at radius 1 is 1.47 bits per heavy atom. The van der Waals surface area contributed by atoms with Crippen LogP contribution in [-0.4, -0.2) is 29.6 Å². The van der Waals surface area contributed by atoms with E-state index in [1.807, 2.05) is 16.8 Å². The lowest BCUT2D eigenvalue weighted by Gasteiger charge is -2.24. The Bertz CT molecular complexity index is 428. The molecule has 1 aliphatic heterocycles. The number of hydrogen-bond donors (Lipinski definition) is 2. The molecule has 0 radical (unpaired) electrons. The van der Waals surface area contributed by atoms with Crippen LogP contribution in [0.15, 0.2) is 16.7 Å². The van der Waals surface area contributed by atoms with Gasteiger partial charge in [0.05, 0.1) is 0 Å². The van der Waals surface area contributed by atoms with Gasteiger partial charge in [-0.15, -0.1) is 12.4 Å². The molecule has 1 fully saturated rings. The van der Waals surface area contributed by atoms with E-state index in [4.69, 9.17) is 0 Å². The number of piperidine rings is 1. The predicted molar refractivity (Wildman–Crippen MR) is 83.1 cm³/mol. The molecule has 2 rings (SSSR count). The van der Waals surface area contributed by atoms with Gasteiger partial charge < -0.3 is 15.2 Å². The summed E-state index contributed by atoms with van der Waals surface area (Å²) in [6.45, 7) is 6.13. The molecule has 6 heteroatoms. The molecule has 0 aliphatic carbocycles. The van der Waals surface area contributed by atoms with Crippen LogP contribution in [0.2, 0.25) is 0 Å². The van der Waals surface area contributed by atoms with Gasteiger partial charge in [0.2, 0.25) is 0 Å². The van der Waals surface area contributed by atoms with E-state index in [1.54, 1.807) is 0 Å². The van der Waals surface area contributed by atoms with Crippen LogP contribution < -0.4 is 10.6 Å². The normalized spacial score (nSPS) is 16.2. The lowest BCUT2D eigenvalue weighted by Crippen LogP contribution is -2.43. The molecule has 0 atom stereocenters. The predicted octanol–water partition coefficient (Wildman–Crippen LogP) is 2.74. The zero-order valence-electron chi connectivity index (χ0n) is 11.3. The zero-order valence-corrected chi connectivity index (χ0v) is 13.7. The minimum atomic E-state index is 0. The Labute approximate surface area is 128 Å². The number of hydrogen-bond acceptors (Lipinski definition) is 2. The quantitative estimate of drug-likeness (QED) is 0.880. The molecule has 2 N–H and O–H groups in total. The average Bonchev–Trinajstić information content (AvgIpc) is 2.73. The van der Waals surface area contributed by atoms with Crippen molar-refractivity contribution in [2.75, 3.05) is 13.1 Å². The van der Waals surface area contributed by atoms with Crippen LogP contribution in [0, 0.1) is 0 Å². The van der Waals surface area contributed by atoms with Gasteiger partial charge in [-0.3, -0.25) is 4.79 Å². The smallest absolute Gasteiger partial charge is 0.268 e. The van der Waals surface area contributed by atoms with Crippen molar-refractivity contribution in [1.29, 1.82) is 0 Å². The maximum Gasteiger partial charge on any atom is 0.268 e. The van der Waals surface area contributed by atoms with Crippen molar-refractivity contribution in [2.24, 2.45) is 0 Å². The molecule has 1 aliphatic rings. The monoisotopic (exact) mass is 349 g/mol. The van der Waals surface area contributed by atoms with E-state index in [1.165, 1.54) is 0 Å². The molecule has 0 spiro atoms. The third kappa shape index (κ3) is 4.23. The van der Waals surface area contributed by atoms with E-state index < -0.39 is 0 Å². The number of aromatic nitrogens is 1. The molecule has 0 saturated carbocycles. The first-order valence-electron chi connectivity index (χ1n) is 6.47. The van der Waals surface area contributed by atoms with Gasteiger partial charge in [-0.2, -0.15) is 0 Å². The Hall–Kier alpha value is -0.520. The summed E-state index contributed by atoms with van der Waals surface area (Å²) in [5.41, 5.74) is 0.732. The third-order valence-electron chi connectivity index (χ3n) is 3.28. The van der Waals surface area contributed by atoms with Crippen LogP contribution in [0.5, 0.6) is 0 Å². The zero-order chi connectivity index (χ0) is 13.1. The van der Waals surface area contributed by atoms with Gasteiger partial charge in [0.15, 0.2) is 0 Å². The summed E-state index contributed by atoms with van der Waals surface area (Å²) in [7, 11) is 0. The molecule has 0 unspecified atom stereocenters. The van der Waals surface area contributed by atoms with Crippen LogP contribution >= 0.6 is 28.3 Å².